The van der Waals surface area contributed by atoms with Crippen molar-refractivity contribution in [2.45, 2.75) is 277 Å². The number of ether oxygens (including phenoxy) is 1. The van der Waals surface area contributed by atoms with Gasteiger partial charge in [-0.25, -0.2) is 89.0 Å². The van der Waals surface area contributed by atoms with Crippen LogP contribution in [0, 0.1) is 29.1 Å². The minimum absolute atomic E-state index is 0.00954. The Morgan fingerprint density at radius 3 is 1.30 bits per heavy atom. The Morgan fingerprint density at radius 2 is 0.867 bits per heavy atom. The second-order valence-electron chi connectivity index (χ2n) is 36.6. The summed E-state index contributed by atoms with van der Waals surface area (Å²) in [5.41, 5.74) is 3.53. The van der Waals surface area contributed by atoms with Crippen LogP contribution in [0.15, 0.2) is 142 Å². The number of hydrogen-bond donors (Lipinski definition) is 10. The molecule has 0 spiro atoms. The molecule has 2 aliphatic heterocycles. The van der Waals surface area contributed by atoms with Crippen LogP contribution in [0.25, 0.3) is 0 Å². The highest BCUT2D eigenvalue weighted by atomic mass is 35.5. The smallest absolute Gasteiger partial charge is 0.266 e. The van der Waals surface area contributed by atoms with Crippen LogP contribution in [0.3, 0.4) is 0 Å². The van der Waals surface area contributed by atoms with E-state index in [1.54, 1.807) is 39.3 Å². The van der Waals surface area contributed by atoms with E-state index in [1.807, 2.05) is 28.1 Å². The third kappa shape index (κ3) is 30.8. The summed E-state index contributed by atoms with van der Waals surface area (Å²) in [6.45, 7) is 9.76. The average Bonchev–Trinajstić information content (AvgIpc) is 1.44. The van der Waals surface area contributed by atoms with Crippen molar-refractivity contribution < 1.29 is 79.0 Å². The molecular weight excluding hydrogens is 2160 g/mol. The number of nitrogens with one attached hydrogen (secondary N) is 8. The molecule has 5 saturated carbocycles. The molecule has 2 unspecified atom stereocenters. The summed E-state index contributed by atoms with van der Waals surface area (Å²) < 4.78 is 212. The minimum atomic E-state index is -4.15. The third-order valence-electron chi connectivity index (χ3n) is 26.1. The summed E-state index contributed by atoms with van der Waals surface area (Å²) in [6, 6.07) is 13.7. The Kier molecular flexibility index (Phi) is 40.9. The molecule has 30 nitrogen and oxygen atoms in total. The maximum Gasteiger partial charge on any atom is 0.266 e. The Balaban J connectivity index is 0.000000150. The summed E-state index contributed by atoms with van der Waals surface area (Å²) in [5.74, 6) is -4.80. The predicted molar refractivity (Wildman–Crippen MR) is 562 cm³/mol. The number of aliphatic hydroxyl groups excluding tert-OH is 2. The molecule has 784 valence electrons. The largest absolute Gasteiger partial charge is 0.487 e. The van der Waals surface area contributed by atoms with Crippen LogP contribution in [0.4, 0.5) is 60.1 Å². The van der Waals surface area contributed by atoms with Crippen LogP contribution in [0.5, 0.6) is 5.75 Å². The zero-order valence-corrected chi connectivity index (χ0v) is 91.3. The number of likely N-dealkylation sites (tertiary alicyclic amines) is 2. The first-order valence-electron chi connectivity index (χ1n) is 47.2. The van der Waals surface area contributed by atoms with Crippen LogP contribution in [0.1, 0.15) is 173 Å². The summed E-state index contributed by atoms with van der Waals surface area (Å²) in [5, 5.41) is 45.9. The van der Waals surface area contributed by atoms with E-state index in [9.17, 15) is 74.3 Å². The molecule has 7 heterocycles. The van der Waals surface area contributed by atoms with Crippen molar-refractivity contribution >= 4 is 203 Å². The van der Waals surface area contributed by atoms with E-state index in [1.165, 1.54) is 91.0 Å². The number of aromatic nitrogens is 5. The van der Waals surface area contributed by atoms with Crippen LogP contribution < -0.4 is 45.5 Å². The topological polar surface area (TPSA) is 394 Å². The van der Waals surface area contributed by atoms with Gasteiger partial charge in [0, 0.05) is 138 Å². The molecule has 5 aromatic heterocycles. The van der Waals surface area contributed by atoms with Crippen LogP contribution in [-0.4, -0.2) is 229 Å². The van der Waals surface area contributed by atoms with Crippen molar-refractivity contribution in [3.63, 3.8) is 0 Å². The van der Waals surface area contributed by atoms with Crippen molar-refractivity contribution in [2.24, 2.45) is 0 Å². The minimum Gasteiger partial charge on any atom is -0.487 e. The zero-order valence-electron chi connectivity index (χ0n) is 79.3. The number of anilines is 7. The van der Waals surface area contributed by atoms with E-state index in [0.717, 1.165) is 205 Å². The normalized spacial score (nSPS) is 22.3. The summed E-state index contributed by atoms with van der Waals surface area (Å²) in [7, 11) is -14.1. The van der Waals surface area contributed by atoms with Crippen molar-refractivity contribution in [3.8, 4) is 5.75 Å². The number of rotatable bonds is 33. The van der Waals surface area contributed by atoms with Gasteiger partial charge < -0.3 is 46.4 Å². The van der Waals surface area contributed by atoms with Gasteiger partial charge in [-0.1, -0.05) is 123 Å². The third-order valence-corrected chi connectivity index (χ3v) is 39.0. The van der Waals surface area contributed by atoms with Gasteiger partial charge in [-0.05, 0) is 186 Å². The molecule has 10 aromatic rings. The van der Waals surface area contributed by atoms with E-state index >= 15 is 0 Å². The fraction of sp³-hybridized carbons (Fsp3) is 0.516. The second-order valence-corrected chi connectivity index (χ2v) is 51.9. The number of thiazole rings is 5. The molecule has 10 N–H and O–H groups in total. The standard InChI is InChI=1S/C20H26ClFN4O2S2.C19H26ClFN4O3S2.C18H22ClFN4O3S2.C18H23ClFN3O2S2.C18H22ClFN2O3S2/c1-13-5-4-9-26(13)18-7-3-2-6-16(18)24-17-12-15(22)19(11-14(17)21)30(27,28)25-20-23-8-10-29-20;1-12(26)11-25(2)17-6-4-3-5-15(17)23-16-10-14(21)18(9-13(16)20)30(27,28)24-19-22-7-8-29-19;19-12-7-17(29(26,27)23-18-21-5-6-28-18)13(20)8-15(12)22-14-3-1-2-4-16(14)24-9-11(25)10-24;1-23(2)17-6-4-3-5-15(17)22-16-8-14(20)18(7-13(16)19)27(24,25)10-12-9-26-11-21-12;1-2-21-14-5-3-4-6-15(14)25-16-10-13(20)17(9-12(16)19)27(23,24)11-18-22-7-8-26-18/h8,10-13,16,18,24H,2-7,9H2,1H3,(H,23,25);7-10,12,15,17,23,26H,3-6,11H2,1-2H3,(H,22,24);5-8,11,14,16,22,25H,1-4,9-10H2,(H,21,23);7-9,11,15,17,22H,3-6,10H2,1-2H3;7-10,14-15,21H,2-6,11H2,1H3/t13?,16-,18-;12?,15-,17-;14-,16-;15-,17-;14-,15-/m00001/s1. The van der Waals surface area contributed by atoms with Gasteiger partial charge in [0.25, 0.3) is 30.1 Å². The van der Waals surface area contributed by atoms with Gasteiger partial charge in [-0.2, -0.15) is 0 Å². The van der Waals surface area contributed by atoms with Gasteiger partial charge in [-0.15, -0.1) is 56.7 Å². The highest BCUT2D eigenvalue weighted by molar-refractivity contribution is 7.93. The number of benzene rings is 5. The number of likely N-dealkylation sites (N-methyl/N-ethyl adjacent to an activating group) is 3. The Labute approximate surface area is 878 Å². The van der Waals surface area contributed by atoms with E-state index in [0.29, 0.717) is 71.2 Å². The Bertz CT molecular complexity index is 6450. The summed E-state index contributed by atoms with van der Waals surface area (Å²) >= 11 is 37.4. The molecule has 50 heteroatoms. The SMILES string of the molecule is CC(O)CN(C)[C@H]1CCCC[C@@H]1Nc1cc(F)c(S(=O)(=O)Nc2nccs2)cc1Cl.CC1CCCN1[C@H]1CCCC[C@@H]1Nc1cc(F)c(S(=O)(=O)Nc2nccs2)cc1Cl.CCN[C@@H]1CCCC[C@H]1Oc1cc(F)c(S(=O)(=O)Cc2nccs2)cc1Cl.CN(C)[C@H]1CCCC[C@@H]1Nc1cc(F)c(S(=O)(=O)Cc2cscn2)cc1Cl.O=S(=O)(Nc1nccs1)c1cc(Cl)c(N[C@H]2CCCC[C@@H]2N2CC(O)C2)cc1F. The first-order chi connectivity index (χ1) is 68.0. The number of β-amino-alcohol motifs (C(OH)–C–C–N with tert-alkyl or cyclic N) is 1. The second kappa shape index (κ2) is 51.6. The lowest BCUT2D eigenvalue weighted by Crippen LogP contribution is -2.60. The Hall–Kier alpha value is -6.78. The predicted octanol–water partition coefficient (Wildman–Crippen LogP) is 20.3. The number of hydrogen-bond acceptors (Lipinski definition) is 32. The van der Waals surface area contributed by atoms with Gasteiger partial charge in [0.15, 0.2) is 35.1 Å². The number of sulfonamides is 3. The van der Waals surface area contributed by atoms with E-state index < -0.39 is 105 Å². The molecule has 12 atom stereocenters. The van der Waals surface area contributed by atoms with Crippen molar-refractivity contribution in [2.75, 3.05) is 89.3 Å². The van der Waals surface area contributed by atoms with Crippen LogP contribution in [-0.2, 0) is 61.3 Å². The molecule has 0 amide bonds. The monoisotopic (exact) mass is 2270 g/mol. The molecule has 143 heavy (non-hydrogen) atoms. The fourth-order valence-electron chi connectivity index (χ4n) is 19.3. The molecule has 2 saturated heterocycles. The van der Waals surface area contributed by atoms with Gasteiger partial charge in [0.1, 0.15) is 76.2 Å². The average molecular weight is 2280 g/mol. The lowest BCUT2D eigenvalue weighted by molar-refractivity contribution is -0.0361. The van der Waals surface area contributed by atoms with E-state index in [2.05, 4.69) is 92.2 Å². The summed E-state index contributed by atoms with van der Waals surface area (Å²) in [4.78, 5) is 26.2. The molecule has 7 aliphatic rings. The Morgan fingerprint density at radius 1 is 0.469 bits per heavy atom. The van der Waals surface area contributed by atoms with Crippen molar-refractivity contribution in [1.82, 2.24) is 49.8 Å². The molecular formula is C93H119Cl5F5N17O13S10. The van der Waals surface area contributed by atoms with E-state index in [4.69, 9.17) is 62.7 Å². The maximum absolute atomic E-state index is 14.8. The lowest BCUT2D eigenvalue weighted by Gasteiger charge is -2.47. The molecule has 7 fully saturated rings. The van der Waals surface area contributed by atoms with Crippen LogP contribution in [0.2, 0.25) is 25.1 Å². The fourth-order valence-corrected chi connectivity index (χ4v) is 30.7. The number of sulfone groups is 2. The van der Waals surface area contributed by atoms with Crippen LogP contribution >= 0.6 is 115 Å². The van der Waals surface area contributed by atoms with Crippen molar-refractivity contribution in [1.29, 1.82) is 0 Å². The zero-order chi connectivity index (χ0) is 103. The lowest BCUT2D eigenvalue weighted by atomic mass is 9.87. The number of nitrogens with zero attached hydrogens (tertiary/aromatic N) is 9. The molecule has 0 radical (unpaired) electrons. The van der Waals surface area contributed by atoms with Gasteiger partial charge in [0.2, 0.25) is 0 Å². The quantitative estimate of drug-likeness (QED) is 0.0171. The molecule has 17 rings (SSSR count). The van der Waals surface area contributed by atoms with E-state index in [-0.39, 0.29) is 117 Å². The van der Waals surface area contributed by atoms with Crippen molar-refractivity contribution in [3.05, 3.63) is 183 Å². The van der Waals surface area contributed by atoms with Gasteiger partial charge in [-0.3, -0.25) is 28.9 Å². The van der Waals surface area contributed by atoms with Gasteiger partial charge >= 0.3 is 0 Å². The van der Waals surface area contributed by atoms with Gasteiger partial charge in [0.05, 0.1) is 77.0 Å². The maximum atomic E-state index is 14.8. The molecule has 5 aliphatic carbocycles. The molecule has 0 bridgehead atoms. The highest BCUT2D eigenvalue weighted by Crippen LogP contribution is 2.42. The number of aliphatic hydroxyl groups is 2. The number of halogens is 10. The summed E-state index contributed by atoms with van der Waals surface area (Å²) in [6.07, 6.45) is 28.1. The molecule has 5 aromatic carbocycles. The first kappa shape index (κ1) is 113. The highest BCUT2D eigenvalue weighted by Gasteiger charge is 2.41. The first-order valence-corrected chi connectivity index (χ1v) is 61.3.